The molecule has 236 valence electrons. The van der Waals surface area contributed by atoms with Crippen LogP contribution < -0.4 is 14.4 Å². The number of carbonyl (C=O) groups excluding carboxylic acids is 3. The lowest BCUT2D eigenvalue weighted by molar-refractivity contribution is -0.132. The molecular weight excluding hydrogens is 616 g/mol. The minimum atomic E-state index is -1.08. The lowest BCUT2D eigenvalue weighted by atomic mass is 9.94. The quantitative estimate of drug-likeness (QED) is 0.0756. The fourth-order valence-electron chi connectivity index (χ4n) is 5.36. The van der Waals surface area contributed by atoms with Gasteiger partial charge in [-0.1, -0.05) is 72.0 Å². The van der Waals surface area contributed by atoms with Crippen molar-refractivity contribution in [2.75, 3.05) is 12.0 Å². The van der Waals surface area contributed by atoms with Gasteiger partial charge in [0.2, 0.25) is 0 Å². The van der Waals surface area contributed by atoms with Gasteiger partial charge in [0.25, 0.3) is 5.78 Å². The molecule has 0 aliphatic carbocycles. The Labute approximate surface area is 275 Å². The van der Waals surface area contributed by atoms with Gasteiger partial charge in [-0.3, -0.25) is 14.5 Å². The molecule has 1 fully saturated rings. The van der Waals surface area contributed by atoms with Gasteiger partial charge in [0, 0.05) is 5.56 Å². The van der Waals surface area contributed by atoms with Crippen LogP contribution in [0.4, 0.5) is 5.13 Å². The highest BCUT2D eigenvalue weighted by Crippen LogP contribution is 2.45. The molecule has 9 nitrogen and oxygen atoms in total. The van der Waals surface area contributed by atoms with Crippen LogP contribution in [0.15, 0.2) is 109 Å². The molecule has 1 aliphatic rings. The van der Waals surface area contributed by atoms with Crippen molar-refractivity contribution in [3.8, 4) is 17.2 Å². The molecule has 0 unspecified atom stereocenters. The van der Waals surface area contributed by atoms with Crippen molar-refractivity contribution in [3.63, 3.8) is 0 Å². The maximum absolute atomic E-state index is 13.8. The monoisotopic (exact) mass is 646 g/mol. The van der Waals surface area contributed by atoms with Crippen molar-refractivity contribution < 1.29 is 33.7 Å². The van der Waals surface area contributed by atoms with E-state index in [9.17, 15) is 19.5 Å². The van der Waals surface area contributed by atoms with Crippen molar-refractivity contribution in [3.05, 3.63) is 142 Å². The number of aryl methyl sites for hydroxylation is 2. The zero-order valence-corrected chi connectivity index (χ0v) is 26.6. The van der Waals surface area contributed by atoms with Gasteiger partial charge < -0.3 is 19.3 Å². The van der Waals surface area contributed by atoms with Crippen LogP contribution in [-0.2, 0) is 20.9 Å². The van der Waals surface area contributed by atoms with Crippen molar-refractivity contribution >= 4 is 39.9 Å². The molecule has 0 spiro atoms. The first-order chi connectivity index (χ1) is 22.7. The third-order valence-electron chi connectivity index (χ3n) is 7.66. The van der Waals surface area contributed by atoms with Crippen molar-refractivity contribution in [2.45, 2.75) is 26.5 Å². The van der Waals surface area contributed by atoms with Gasteiger partial charge in [0.05, 0.1) is 24.4 Å². The van der Waals surface area contributed by atoms with Gasteiger partial charge in [-0.25, -0.2) is 9.78 Å². The minimum absolute atomic E-state index is 0.116. The first-order valence-corrected chi connectivity index (χ1v) is 15.5. The van der Waals surface area contributed by atoms with Gasteiger partial charge in [-0.15, -0.1) is 0 Å². The Kier molecular flexibility index (Phi) is 8.86. The second kappa shape index (κ2) is 13.3. The van der Waals surface area contributed by atoms with Crippen molar-refractivity contribution in [1.82, 2.24) is 4.98 Å². The fraction of sp³-hybridized carbons (Fsp3) is 0.135. The number of amides is 1. The number of hydrogen-bond donors (Lipinski definition) is 1. The smallest absolute Gasteiger partial charge is 0.350 e. The average molecular weight is 647 g/mol. The van der Waals surface area contributed by atoms with Crippen LogP contribution in [0.3, 0.4) is 0 Å². The first-order valence-electron chi connectivity index (χ1n) is 14.7. The molecular formula is C37H30N2O7S. The second-order valence-electron chi connectivity index (χ2n) is 10.8. The van der Waals surface area contributed by atoms with E-state index < -0.39 is 23.7 Å². The molecule has 4 aromatic carbocycles. The lowest BCUT2D eigenvalue weighted by Gasteiger charge is -2.23. The molecule has 47 heavy (non-hydrogen) atoms. The molecule has 1 atom stereocenters. The topological polar surface area (TPSA) is 115 Å². The fourth-order valence-corrected chi connectivity index (χ4v) is 6.37. The number of benzene rings is 4. The SMILES string of the molecule is COC(=O)c1sc(N2C(=O)C(=O)/C(=C(/O)c3ccc(OCc4ccccc4)cc3C)[C@@H]2c2cccc(Oc3ccccc3)c2)nc1C. The molecule has 0 bridgehead atoms. The normalized spacial score (nSPS) is 15.5. The molecule has 1 saturated heterocycles. The largest absolute Gasteiger partial charge is 0.507 e. The number of methoxy groups -OCH3 is 1. The first kappa shape index (κ1) is 31.3. The summed E-state index contributed by atoms with van der Waals surface area (Å²) in [6, 6.07) is 29.9. The number of ether oxygens (including phenoxy) is 3. The van der Waals surface area contributed by atoms with Crippen LogP contribution in [0.5, 0.6) is 17.2 Å². The number of ketones is 1. The summed E-state index contributed by atoms with van der Waals surface area (Å²) in [5.74, 6) is -1.10. The van der Waals surface area contributed by atoms with Gasteiger partial charge in [-0.05, 0) is 73.0 Å². The number of hydrogen-bond acceptors (Lipinski definition) is 9. The summed E-state index contributed by atoms with van der Waals surface area (Å²) < 4.78 is 16.9. The van der Waals surface area contributed by atoms with Crippen LogP contribution in [-0.4, -0.2) is 34.9 Å². The Morgan fingerprint density at radius 3 is 2.28 bits per heavy atom. The number of esters is 1. The minimum Gasteiger partial charge on any atom is -0.507 e. The summed E-state index contributed by atoms with van der Waals surface area (Å²) in [6.07, 6.45) is 0. The Morgan fingerprint density at radius 1 is 0.872 bits per heavy atom. The van der Waals surface area contributed by atoms with Gasteiger partial charge in [0.15, 0.2) is 5.13 Å². The molecule has 0 saturated carbocycles. The van der Waals surface area contributed by atoms with E-state index in [2.05, 4.69) is 4.98 Å². The third-order valence-corrected chi connectivity index (χ3v) is 8.80. The van der Waals surface area contributed by atoms with E-state index in [-0.39, 0.29) is 21.3 Å². The number of anilines is 1. The number of thiazole rings is 1. The molecule has 1 N–H and O–H groups in total. The standard InChI is InChI=1S/C37H30N2O7S/c1-22-19-27(45-21-24-11-6-4-7-12-24)17-18-29(22)32(40)30-31(25-13-10-16-28(20-25)46-26-14-8-5-9-15-26)39(35(42)33(30)41)37-38-23(2)34(47-37)36(43)44-3/h4-20,31,40H,21H2,1-3H3/b32-30+/t31-/m0/s1. The van der Waals surface area contributed by atoms with Gasteiger partial charge >= 0.3 is 11.9 Å². The third kappa shape index (κ3) is 6.36. The predicted octanol–water partition coefficient (Wildman–Crippen LogP) is 7.54. The predicted molar refractivity (Wildman–Crippen MR) is 178 cm³/mol. The van der Waals surface area contributed by atoms with Crippen LogP contribution in [0.2, 0.25) is 0 Å². The lowest BCUT2D eigenvalue weighted by Crippen LogP contribution is -2.29. The number of aromatic nitrogens is 1. The number of nitrogens with zero attached hydrogens (tertiary/aromatic N) is 2. The summed E-state index contributed by atoms with van der Waals surface area (Å²) in [4.78, 5) is 45.9. The average Bonchev–Trinajstić information content (AvgIpc) is 3.60. The van der Waals surface area contributed by atoms with Gasteiger partial charge in [0.1, 0.15) is 34.5 Å². The van der Waals surface area contributed by atoms with E-state index in [1.54, 1.807) is 68.4 Å². The zero-order chi connectivity index (χ0) is 33.1. The molecule has 10 heteroatoms. The van der Waals surface area contributed by atoms with Crippen LogP contribution in [0.25, 0.3) is 5.76 Å². The summed E-state index contributed by atoms with van der Waals surface area (Å²) in [5.41, 5.74) is 2.72. The molecule has 6 rings (SSSR count). The number of rotatable bonds is 9. The maximum Gasteiger partial charge on any atom is 0.350 e. The van der Waals surface area contributed by atoms with E-state index in [1.165, 1.54) is 12.0 Å². The highest BCUT2D eigenvalue weighted by molar-refractivity contribution is 7.17. The number of aliphatic hydroxyl groups is 1. The van der Waals surface area contributed by atoms with E-state index >= 15 is 0 Å². The Bertz CT molecular complexity index is 2000. The van der Waals surface area contributed by atoms with E-state index in [1.807, 2.05) is 48.5 Å². The summed E-state index contributed by atoms with van der Waals surface area (Å²) in [7, 11) is 1.26. The molecule has 5 aromatic rings. The molecule has 1 aliphatic heterocycles. The highest BCUT2D eigenvalue weighted by Gasteiger charge is 2.48. The maximum atomic E-state index is 13.8. The Balaban J connectivity index is 1.43. The number of Topliss-reactive ketones (excluding diaryl/α,β-unsaturated/α-hetero) is 1. The number of carbonyl (C=O) groups is 3. The number of para-hydroxylation sites is 1. The van der Waals surface area contributed by atoms with E-state index in [0.717, 1.165) is 16.9 Å². The van der Waals surface area contributed by atoms with Crippen LogP contribution >= 0.6 is 11.3 Å². The van der Waals surface area contributed by atoms with Crippen LogP contribution in [0.1, 0.15) is 43.7 Å². The Morgan fingerprint density at radius 2 is 1.57 bits per heavy atom. The highest BCUT2D eigenvalue weighted by atomic mass is 32.1. The van der Waals surface area contributed by atoms with Gasteiger partial charge in [-0.2, -0.15) is 0 Å². The molecule has 1 amide bonds. The summed E-state index contributed by atoms with van der Waals surface area (Å²) in [6.45, 7) is 3.77. The summed E-state index contributed by atoms with van der Waals surface area (Å²) in [5, 5.41) is 11.9. The van der Waals surface area contributed by atoms with Crippen molar-refractivity contribution in [2.24, 2.45) is 0 Å². The Hall–Kier alpha value is -5.74. The molecule has 2 heterocycles. The van der Waals surface area contributed by atoms with Crippen molar-refractivity contribution in [1.29, 1.82) is 0 Å². The van der Waals surface area contributed by atoms with E-state index in [0.29, 0.717) is 46.2 Å². The zero-order valence-electron chi connectivity index (χ0n) is 25.8. The van der Waals surface area contributed by atoms with Crippen LogP contribution in [0, 0.1) is 13.8 Å². The second-order valence-corrected chi connectivity index (χ2v) is 11.8. The number of aliphatic hydroxyl groups excluding tert-OH is 1. The molecule has 0 radical (unpaired) electrons. The summed E-state index contributed by atoms with van der Waals surface area (Å²) >= 11 is 0.934. The van der Waals surface area contributed by atoms with E-state index in [4.69, 9.17) is 14.2 Å². The molecule has 1 aromatic heterocycles.